The monoisotopic (exact) mass is 364 g/mol. The number of aromatic nitrogens is 2. The van der Waals surface area contributed by atoms with Gasteiger partial charge in [0.25, 0.3) is 5.89 Å². The van der Waals surface area contributed by atoms with Gasteiger partial charge in [0.15, 0.2) is 0 Å². The first-order valence-corrected chi connectivity index (χ1v) is 9.24. The molecular weight excluding hydrogens is 338 g/mol. The van der Waals surface area contributed by atoms with Gasteiger partial charge < -0.3 is 15.0 Å². The van der Waals surface area contributed by atoms with E-state index in [1.807, 2.05) is 24.3 Å². The van der Waals surface area contributed by atoms with Gasteiger partial charge in [0.2, 0.25) is 5.82 Å². The molecule has 3 N–H and O–H groups in total. The fourth-order valence-corrected chi connectivity index (χ4v) is 2.81. The van der Waals surface area contributed by atoms with E-state index in [9.17, 15) is 0 Å². The van der Waals surface area contributed by atoms with Crippen LogP contribution in [-0.4, -0.2) is 23.8 Å². The maximum absolute atomic E-state index is 5.59. The van der Waals surface area contributed by atoms with E-state index in [1.54, 1.807) is 7.11 Å². The summed E-state index contributed by atoms with van der Waals surface area (Å²) in [6.07, 6.45) is 5.13. The van der Waals surface area contributed by atoms with Crippen molar-refractivity contribution in [2.75, 3.05) is 13.7 Å². The lowest BCUT2D eigenvalue weighted by Crippen LogP contribution is -2.50. The molecule has 0 spiro atoms. The van der Waals surface area contributed by atoms with E-state index in [0.717, 1.165) is 48.3 Å². The molecule has 27 heavy (non-hydrogen) atoms. The first kappa shape index (κ1) is 18.9. The van der Waals surface area contributed by atoms with Gasteiger partial charge in [-0.3, -0.25) is 0 Å². The lowest BCUT2D eigenvalue weighted by molar-refractivity contribution is -0.368. The van der Waals surface area contributed by atoms with Crippen molar-refractivity contribution in [3.05, 3.63) is 65.5 Å². The minimum atomic E-state index is 0.574. The Morgan fingerprint density at radius 2 is 1.81 bits per heavy atom. The summed E-state index contributed by atoms with van der Waals surface area (Å²) in [5, 5.41) is 4.17. The summed E-state index contributed by atoms with van der Waals surface area (Å²) >= 11 is 0. The van der Waals surface area contributed by atoms with Crippen molar-refractivity contribution in [2.45, 2.75) is 26.2 Å². The van der Waals surface area contributed by atoms with Gasteiger partial charge >= 0.3 is 0 Å². The molecule has 0 fully saturated rings. The quantitative estimate of drug-likeness (QED) is 0.613. The lowest BCUT2D eigenvalue weighted by atomic mass is 10.0. The van der Waals surface area contributed by atoms with Crippen LogP contribution in [0, 0.1) is 6.92 Å². The zero-order valence-corrected chi connectivity index (χ0v) is 15.9. The fraction of sp³-hybridized carbons (Fsp3) is 0.273. The highest BCUT2D eigenvalue weighted by molar-refractivity contribution is 5.78. The van der Waals surface area contributed by atoms with Gasteiger partial charge in [-0.2, -0.15) is 4.98 Å². The third-order valence-corrected chi connectivity index (χ3v) is 4.41. The minimum absolute atomic E-state index is 0.574. The molecule has 5 nitrogen and oxygen atoms in total. The van der Waals surface area contributed by atoms with Gasteiger partial charge in [-0.1, -0.05) is 35.0 Å². The molecule has 0 aliphatic heterocycles. The first-order chi connectivity index (χ1) is 13.2. The molecule has 0 amide bonds. The van der Waals surface area contributed by atoms with Crippen LogP contribution in [0.15, 0.2) is 53.1 Å². The Morgan fingerprint density at radius 1 is 1.07 bits per heavy atom. The lowest BCUT2D eigenvalue weighted by Gasteiger charge is -2.03. The zero-order valence-electron chi connectivity index (χ0n) is 15.9. The van der Waals surface area contributed by atoms with Crippen molar-refractivity contribution >= 4 is 11.6 Å². The third kappa shape index (κ3) is 5.05. The Balaban J connectivity index is 1.87. The highest BCUT2D eigenvalue weighted by atomic mass is 16.5. The molecule has 2 aromatic carbocycles. The Kier molecular flexibility index (Phi) is 6.39. The number of quaternary nitrogens is 1. The number of unbranched alkanes of at least 4 members (excludes halogenated alkanes) is 1. The molecule has 140 valence electrons. The smallest absolute Gasteiger partial charge is 0.254 e. The molecule has 1 heterocycles. The van der Waals surface area contributed by atoms with Crippen LogP contribution in [0.5, 0.6) is 5.75 Å². The number of aryl methyl sites for hydroxylation is 1. The number of ether oxygens (including phenoxy) is 1. The molecule has 0 atom stereocenters. The summed E-state index contributed by atoms with van der Waals surface area (Å²) in [4.78, 5) is 4.63. The standard InChI is InChI=1S/C22H25N3O2/c1-16-6-8-17(9-7-16)15-19(5-3-4-14-23)22-24-21(25-27-22)18-10-12-20(26-2)13-11-18/h6-13,15H,3-5,14,23H2,1-2H3/p+1/b19-15+. The number of hydrogen-bond acceptors (Lipinski definition) is 4. The SMILES string of the molecule is COc1ccc(-c2noc(/C(=C/c3ccc(C)cc3)CCCC[NH3+])n2)cc1. The number of hydrogen-bond donors (Lipinski definition) is 1. The van der Waals surface area contributed by atoms with Crippen molar-refractivity contribution in [3.63, 3.8) is 0 Å². The predicted octanol–water partition coefficient (Wildman–Crippen LogP) is 4.01. The number of nitrogens with zero attached hydrogens (tertiary/aromatic N) is 2. The molecule has 0 saturated carbocycles. The molecule has 0 saturated heterocycles. The molecule has 1 aromatic heterocycles. The second-order valence-corrected chi connectivity index (χ2v) is 6.54. The summed E-state index contributed by atoms with van der Waals surface area (Å²) < 4.78 is 10.8. The van der Waals surface area contributed by atoms with E-state index >= 15 is 0 Å². The largest absolute Gasteiger partial charge is 0.497 e. The summed E-state index contributed by atoms with van der Waals surface area (Å²) in [7, 11) is 1.65. The Hall–Kier alpha value is -2.92. The fourth-order valence-electron chi connectivity index (χ4n) is 2.81. The Labute approximate surface area is 159 Å². The van der Waals surface area contributed by atoms with Crippen molar-refractivity contribution in [1.82, 2.24) is 10.1 Å². The summed E-state index contributed by atoms with van der Waals surface area (Å²) in [6, 6.07) is 16.1. The number of rotatable bonds is 8. The van der Waals surface area contributed by atoms with E-state index in [0.29, 0.717) is 11.7 Å². The number of benzene rings is 2. The van der Waals surface area contributed by atoms with Crippen molar-refractivity contribution in [2.24, 2.45) is 0 Å². The van der Waals surface area contributed by atoms with E-state index in [-0.39, 0.29) is 0 Å². The average molecular weight is 364 g/mol. The van der Waals surface area contributed by atoms with Crippen LogP contribution in [0.4, 0.5) is 0 Å². The van der Waals surface area contributed by atoms with Crippen LogP contribution in [0.2, 0.25) is 0 Å². The van der Waals surface area contributed by atoms with E-state index in [4.69, 9.17) is 9.26 Å². The third-order valence-electron chi connectivity index (χ3n) is 4.41. The minimum Gasteiger partial charge on any atom is -0.497 e. The second-order valence-electron chi connectivity index (χ2n) is 6.54. The summed E-state index contributed by atoms with van der Waals surface area (Å²) in [5.74, 6) is 1.96. The highest BCUT2D eigenvalue weighted by Crippen LogP contribution is 2.26. The topological polar surface area (TPSA) is 75.8 Å². The molecule has 3 rings (SSSR count). The Bertz CT molecular complexity index is 881. The number of methoxy groups -OCH3 is 1. The van der Waals surface area contributed by atoms with E-state index in [2.05, 4.69) is 53.1 Å². The van der Waals surface area contributed by atoms with E-state index < -0.39 is 0 Å². The number of allylic oxidation sites excluding steroid dienone is 1. The Morgan fingerprint density at radius 3 is 2.48 bits per heavy atom. The van der Waals surface area contributed by atoms with Gasteiger partial charge in [0.1, 0.15) is 5.75 Å². The van der Waals surface area contributed by atoms with Crippen LogP contribution in [0.25, 0.3) is 23.0 Å². The molecule has 0 unspecified atom stereocenters. The zero-order chi connectivity index (χ0) is 19.1. The van der Waals surface area contributed by atoms with Crippen molar-refractivity contribution in [3.8, 4) is 17.1 Å². The van der Waals surface area contributed by atoms with Gasteiger partial charge in [-0.15, -0.1) is 0 Å². The van der Waals surface area contributed by atoms with Crippen LogP contribution < -0.4 is 10.5 Å². The normalized spacial score (nSPS) is 11.6. The van der Waals surface area contributed by atoms with Gasteiger partial charge in [-0.05, 0) is 62.1 Å². The van der Waals surface area contributed by atoms with Gasteiger partial charge in [-0.25, -0.2) is 0 Å². The van der Waals surface area contributed by atoms with Gasteiger partial charge in [0, 0.05) is 11.1 Å². The van der Waals surface area contributed by atoms with Gasteiger partial charge in [0.05, 0.1) is 13.7 Å². The maximum atomic E-state index is 5.59. The molecule has 0 aliphatic carbocycles. The second kappa shape index (κ2) is 9.14. The highest BCUT2D eigenvalue weighted by Gasteiger charge is 2.13. The van der Waals surface area contributed by atoms with Crippen LogP contribution in [0.1, 0.15) is 36.3 Å². The average Bonchev–Trinajstić information content (AvgIpc) is 3.19. The molecule has 3 aromatic rings. The summed E-state index contributed by atoms with van der Waals surface area (Å²) in [5.41, 5.74) is 8.26. The van der Waals surface area contributed by atoms with Crippen molar-refractivity contribution in [1.29, 1.82) is 0 Å². The summed E-state index contributed by atoms with van der Waals surface area (Å²) in [6.45, 7) is 3.01. The molecular formula is C22H26N3O2+. The molecule has 0 bridgehead atoms. The van der Waals surface area contributed by atoms with Crippen molar-refractivity contribution < 1.29 is 15.0 Å². The molecule has 0 radical (unpaired) electrons. The van der Waals surface area contributed by atoms with Crippen LogP contribution in [0.3, 0.4) is 0 Å². The predicted molar refractivity (Wildman–Crippen MR) is 107 cm³/mol. The molecule has 5 heteroatoms. The maximum Gasteiger partial charge on any atom is 0.254 e. The van der Waals surface area contributed by atoms with Crippen LogP contribution >= 0.6 is 0 Å². The molecule has 0 aliphatic rings. The van der Waals surface area contributed by atoms with E-state index in [1.165, 1.54) is 5.56 Å². The first-order valence-electron chi connectivity index (χ1n) is 9.24. The van der Waals surface area contributed by atoms with Crippen LogP contribution in [-0.2, 0) is 0 Å².